The first-order chi connectivity index (χ1) is 14.1. The van der Waals surface area contributed by atoms with Crippen molar-refractivity contribution in [3.05, 3.63) is 43.1 Å². The van der Waals surface area contributed by atoms with Crippen molar-refractivity contribution in [1.29, 1.82) is 0 Å². The molecule has 4 rings (SSSR count). The minimum Gasteiger partial charge on any atom is -0.506 e. The van der Waals surface area contributed by atoms with Gasteiger partial charge in [0.2, 0.25) is 5.88 Å². The fourth-order valence-corrected chi connectivity index (χ4v) is 4.02. The maximum Gasteiger partial charge on any atom is 0.233 e. The summed E-state index contributed by atoms with van der Waals surface area (Å²) < 4.78 is 22.5. The lowest BCUT2D eigenvalue weighted by atomic mass is 9.79. The first-order valence-electron chi connectivity index (χ1n) is 9.76. The number of ether oxygens (including phenoxy) is 1. The Morgan fingerprint density at radius 2 is 2.03 bits per heavy atom. The molecule has 158 valence electrons. The van der Waals surface area contributed by atoms with E-state index >= 15 is 0 Å². The predicted molar refractivity (Wildman–Crippen MR) is 109 cm³/mol. The molecular formula is C21H25FN6O2. The molecule has 3 aromatic heterocycles. The van der Waals surface area contributed by atoms with Gasteiger partial charge in [-0.2, -0.15) is 0 Å². The van der Waals surface area contributed by atoms with Gasteiger partial charge >= 0.3 is 0 Å². The van der Waals surface area contributed by atoms with Crippen LogP contribution in [0.5, 0.6) is 11.6 Å². The summed E-state index contributed by atoms with van der Waals surface area (Å²) in [6, 6.07) is 4.83. The highest BCUT2D eigenvalue weighted by molar-refractivity contribution is 5.63. The smallest absolute Gasteiger partial charge is 0.233 e. The number of alkyl halides is 1. The Kier molecular flexibility index (Phi) is 4.93. The van der Waals surface area contributed by atoms with Crippen LogP contribution in [0.1, 0.15) is 34.1 Å². The van der Waals surface area contributed by atoms with Crippen LogP contribution < -0.4 is 10.1 Å². The molecule has 0 aliphatic carbocycles. The molecule has 0 bridgehead atoms. The molecule has 0 radical (unpaired) electrons. The van der Waals surface area contributed by atoms with Crippen LogP contribution in [0.3, 0.4) is 0 Å². The molecule has 1 aliphatic rings. The van der Waals surface area contributed by atoms with Crippen molar-refractivity contribution in [2.45, 2.75) is 57.5 Å². The van der Waals surface area contributed by atoms with Crippen LogP contribution in [0.2, 0.25) is 0 Å². The largest absolute Gasteiger partial charge is 0.506 e. The Balaban J connectivity index is 1.52. The van der Waals surface area contributed by atoms with Crippen LogP contribution in [0.15, 0.2) is 43.1 Å². The molecule has 1 fully saturated rings. The van der Waals surface area contributed by atoms with Crippen molar-refractivity contribution in [1.82, 2.24) is 30.0 Å². The zero-order valence-corrected chi connectivity index (χ0v) is 17.4. The minimum atomic E-state index is -1.20. The molecule has 0 spiro atoms. The third-order valence-corrected chi connectivity index (χ3v) is 5.20. The van der Waals surface area contributed by atoms with Crippen molar-refractivity contribution in [3.63, 3.8) is 0 Å². The number of halogens is 1. The third kappa shape index (κ3) is 3.97. The van der Waals surface area contributed by atoms with Crippen molar-refractivity contribution in [2.24, 2.45) is 0 Å². The van der Waals surface area contributed by atoms with Gasteiger partial charge in [0.1, 0.15) is 23.2 Å². The van der Waals surface area contributed by atoms with Gasteiger partial charge in [-0.25, -0.2) is 14.4 Å². The highest BCUT2D eigenvalue weighted by Gasteiger charge is 2.47. The average molecular weight is 412 g/mol. The minimum absolute atomic E-state index is 0.0326. The molecule has 1 saturated heterocycles. The van der Waals surface area contributed by atoms with Crippen molar-refractivity contribution < 1.29 is 14.2 Å². The van der Waals surface area contributed by atoms with E-state index in [1.54, 1.807) is 47.7 Å². The number of nitrogens with one attached hydrogen (secondary N) is 1. The average Bonchev–Trinajstić information content (AvgIpc) is 3.20. The number of hydrogen-bond donors (Lipinski definition) is 2. The quantitative estimate of drug-likeness (QED) is 0.680. The van der Waals surface area contributed by atoms with Crippen molar-refractivity contribution in [2.75, 3.05) is 0 Å². The van der Waals surface area contributed by atoms with Crippen LogP contribution in [-0.2, 0) is 0 Å². The van der Waals surface area contributed by atoms with Gasteiger partial charge in [-0.05, 0) is 33.8 Å². The van der Waals surface area contributed by atoms with E-state index in [2.05, 4.69) is 25.5 Å². The molecule has 2 N–H and O–H groups in total. The number of nitrogens with zero attached hydrogens (tertiary/aromatic N) is 5. The number of aromatic nitrogens is 5. The molecule has 9 heteroatoms. The Morgan fingerprint density at radius 3 is 2.67 bits per heavy atom. The zero-order chi connectivity index (χ0) is 21.5. The van der Waals surface area contributed by atoms with Gasteiger partial charge in [0.05, 0.1) is 18.2 Å². The van der Waals surface area contributed by atoms with Gasteiger partial charge in [0, 0.05) is 42.0 Å². The number of pyridine rings is 1. The molecule has 0 unspecified atom stereocenters. The molecule has 8 nitrogen and oxygen atoms in total. The van der Waals surface area contributed by atoms with E-state index in [1.165, 1.54) is 0 Å². The SMILES string of the molecule is CC1(C)C[C@@H](Oc2ccc(-c3ncc(-n4ccnc4)cc3O)nn2)[C@@H](F)C(C)(C)N1. The number of hydrogen-bond acceptors (Lipinski definition) is 7. The van der Waals surface area contributed by atoms with Gasteiger partial charge < -0.3 is 19.7 Å². The Bertz CT molecular complexity index is 1020. The monoisotopic (exact) mass is 412 g/mol. The van der Waals surface area contributed by atoms with Gasteiger partial charge in [-0.3, -0.25) is 0 Å². The van der Waals surface area contributed by atoms with E-state index < -0.39 is 17.8 Å². The highest BCUT2D eigenvalue weighted by atomic mass is 19.1. The normalized spacial score (nSPS) is 22.6. The zero-order valence-electron chi connectivity index (χ0n) is 17.4. The fraction of sp³-hybridized carbons (Fsp3) is 0.429. The summed E-state index contributed by atoms with van der Waals surface area (Å²) in [4.78, 5) is 8.27. The molecule has 3 aromatic rings. The van der Waals surface area contributed by atoms with Crippen molar-refractivity contribution in [3.8, 4) is 28.7 Å². The van der Waals surface area contributed by atoms with Crippen LogP contribution in [-0.4, -0.2) is 53.2 Å². The summed E-state index contributed by atoms with van der Waals surface area (Å²) in [5.74, 6) is 0.198. The molecule has 2 atom stereocenters. The lowest BCUT2D eigenvalue weighted by Crippen LogP contribution is -2.66. The lowest BCUT2D eigenvalue weighted by Gasteiger charge is -2.48. The summed E-state index contributed by atoms with van der Waals surface area (Å²) in [7, 11) is 0. The standard InChI is InChI=1S/C21H25FN6O2/c1-20(2)10-16(19(22)21(3,4)27-20)30-17-6-5-14(25-26-17)18-15(29)9-13(11-24-18)28-8-7-23-12-28/h5-9,11-12,16,19,27,29H,10H2,1-4H3/t16-,19-/m1/s1. The van der Waals surface area contributed by atoms with E-state index in [9.17, 15) is 9.50 Å². The van der Waals surface area contributed by atoms with E-state index in [-0.39, 0.29) is 17.2 Å². The Labute approximate surface area is 174 Å². The van der Waals surface area contributed by atoms with Crippen LogP contribution in [0.25, 0.3) is 17.1 Å². The van der Waals surface area contributed by atoms with Crippen LogP contribution in [0.4, 0.5) is 4.39 Å². The summed E-state index contributed by atoms with van der Waals surface area (Å²) in [5.41, 5.74) is 0.375. The van der Waals surface area contributed by atoms with E-state index in [0.29, 0.717) is 23.5 Å². The van der Waals surface area contributed by atoms with Gasteiger partial charge in [-0.1, -0.05) is 0 Å². The second-order valence-corrected chi connectivity index (χ2v) is 8.78. The van der Waals surface area contributed by atoms with Crippen molar-refractivity contribution >= 4 is 0 Å². The van der Waals surface area contributed by atoms with Gasteiger partial charge in [0.15, 0.2) is 6.17 Å². The first kappa shape index (κ1) is 20.2. The number of rotatable bonds is 4. The van der Waals surface area contributed by atoms with Gasteiger partial charge in [0.25, 0.3) is 0 Å². The Morgan fingerprint density at radius 1 is 1.23 bits per heavy atom. The number of imidazole rings is 1. The third-order valence-electron chi connectivity index (χ3n) is 5.20. The number of piperidine rings is 1. The van der Waals surface area contributed by atoms with Gasteiger partial charge in [-0.15, -0.1) is 10.2 Å². The lowest BCUT2D eigenvalue weighted by molar-refractivity contribution is -0.0281. The first-order valence-corrected chi connectivity index (χ1v) is 9.76. The maximum atomic E-state index is 14.9. The summed E-state index contributed by atoms with van der Waals surface area (Å²) in [5, 5.41) is 21.9. The molecule has 30 heavy (non-hydrogen) atoms. The van der Waals surface area contributed by atoms with Crippen LogP contribution in [0, 0.1) is 0 Å². The van der Waals surface area contributed by atoms with E-state index in [1.807, 2.05) is 27.7 Å². The topological polar surface area (TPSA) is 98.0 Å². The summed E-state index contributed by atoms with van der Waals surface area (Å²) >= 11 is 0. The second-order valence-electron chi connectivity index (χ2n) is 8.78. The molecular weight excluding hydrogens is 387 g/mol. The van der Waals surface area contributed by atoms with Crippen LogP contribution >= 0.6 is 0 Å². The maximum absolute atomic E-state index is 14.9. The Hall–Kier alpha value is -3.07. The second kappa shape index (κ2) is 7.32. The summed E-state index contributed by atoms with van der Waals surface area (Å²) in [6.45, 7) is 7.69. The highest BCUT2D eigenvalue weighted by Crippen LogP contribution is 2.34. The predicted octanol–water partition coefficient (Wildman–Crippen LogP) is 3.07. The fourth-order valence-electron chi connectivity index (χ4n) is 4.02. The van der Waals surface area contributed by atoms with E-state index in [4.69, 9.17) is 4.74 Å². The molecule has 4 heterocycles. The van der Waals surface area contributed by atoms with E-state index in [0.717, 1.165) is 0 Å². The number of aromatic hydroxyl groups is 1. The molecule has 0 saturated carbocycles. The summed E-state index contributed by atoms with van der Waals surface area (Å²) in [6.07, 6.45) is 5.27. The molecule has 0 amide bonds. The molecule has 0 aromatic carbocycles. The molecule has 1 aliphatic heterocycles.